The van der Waals surface area contributed by atoms with Gasteiger partial charge in [0.15, 0.2) is 0 Å². The van der Waals surface area contributed by atoms with Gasteiger partial charge in [0.05, 0.1) is 19.5 Å². The molecule has 18 heavy (non-hydrogen) atoms. The number of fused-ring (bicyclic) bond motifs is 1. The second-order valence-corrected chi connectivity index (χ2v) is 6.53. The van der Waals surface area contributed by atoms with Crippen molar-refractivity contribution in [1.29, 1.82) is 0 Å². The lowest BCUT2D eigenvalue weighted by Crippen LogP contribution is -2.04. The topological polar surface area (TPSA) is 48.7 Å². The molecule has 1 aromatic rings. The Labute approximate surface area is 108 Å². The van der Waals surface area contributed by atoms with E-state index in [-0.39, 0.29) is 6.16 Å². The van der Waals surface area contributed by atoms with Crippen LogP contribution in [0.1, 0.15) is 43.6 Å². The van der Waals surface area contributed by atoms with E-state index < -0.39 is 7.60 Å². The Bertz CT molecular complexity index is 428. The van der Waals surface area contributed by atoms with Crippen LogP contribution < -0.4 is 0 Å². The van der Waals surface area contributed by atoms with E-state index in [4.69, 9.17) is 13.5 Å². The standard InChI is InChI=1S/C13H21O4P/c1-3-16-18(14,17-4-2)10-13-12-8-6-5-7-11(12)9-15-13/h9H,3-8,10H2,1-2H3. The highest BCUT2D eigenvalue weighted by atomic mass is 31.2. The summed E-state index contributed by atoms with van der Waals surface area (Å²) in [6.07, 6.45) is 6.51. The fraction of sp³-hybridized carbons (Fsp3) is 0.692. The zero-order chi connectivity index (χ0) is 13.0. The van der Waals surface area contributed by atoms with E-state index in [1.54, 1.807) is 6.26 Å². The second kappa shape index (κ2) is 6.05. The predicted octanol–water partition coefficient (Wildman–Crippen LogP) is 3.92. The lowest BCUT2D eigenvalue weighted by molar-refractivity contribution is 0.217. The third-order valence-electron chi connectivity index (χ3n) is 3.18. The summed E-state index contributed by atoms with van der Waals surface area (Å²) in [4.78, 5) is 0. The molecule has 0 saturated carbocycles. The maximum absolute atomic E-state index is 12.5. The van der Waals surface area contributed by atoms with Crippen LogP contribution in [0.3, 0.4) is 0 Å². The molecule has 0 radical (unpaired) electrons. The van der Waals surface area contributed by atoms with Crippen LogP contribution in [0.25, 0.3) is 0 Å². The molecule has 0 N–H and O–H groups in total. The molecule has 0 aromatic carbocycles. The summed E-state index contributed by atoms with van der Waals surface area (Å²) in [5, 5.41) is 0. The smallest absolute Gasteiger partial charge is 0.338 e. The normalized spacial score (nSPS) is 15.7. The van der Waals surface area contributed by atoms with E-state index in [0.717, 1.165) is 18.6 Å². The van der Waals surface area contributed by atoms with Crippen molar-refractivity contribution in [1.82, 2.24) is 0 Å². The lowest BCUT2D eigenvalue weighted by Gasteiger charge is -2.17. The Morgan fingerprint density at radius 3 is 2.56 bits per heavy atom. The summed E-state index contributed by atoms with van der Waals surface area (Å²) < 4.78 is 28.7. The van der Waals surface area contributed by atoms with Crippen molar-refractivity contribution in [2.75, 3.05) is 13.2 Å². The number of hydrogen-bond donors (Lipinski definition) is 0. The minimum atomic E-state index is -3.05. The molecule has 0 aliphatic heterocycles. The van der Waals surface area contributed by atoms with Crippen molar-refractivity contribution in [2.45, 2.75) is 45.7 Å². The van der Waals surface area contributed by atoms with Gasteiger partial charge in [0.2, 0.25) is 0 Å². The summed E-state index contributed by atoms with van der Waals surface area (Å²) in [6, 6.07) is 0. The van der Waals surface area contributed by atoms with Crippen LogP contribution in [-0.4, -0.2) is 13.2 Å². The minimum Gasteiger partial charge on any atom is -0.468 e. The van der Waals surface area contributed by atoms with Crippen molar-refractivity contribution in [3.63, 3.8) is 0 Å². The van der Waals surface area contributed by atoms with Crippen molar-refractivity contribution >= 4 is 7.60 Å². The van der Waals surface area contributed by atoms with Gasteiger partial charge in [0, 0.05) is 0 Å². The molecule has 0 atom stereocenters. The van der Waals surface area contributed by atoms with Crippen LogP contribution in [0, 0.1) is 0 Å². The first-order valence-electron chi connectivity index (χ1n) is 6.64. The highest BCUT2D eigenvalue weighted by Gasteiger charge is 2.29. The first-order valence-corrected chi connectivity index (χ1v) is 8.37. The van der Waals surface area contributed by atoms with Crippen LogP contribution in [-0.2, 0) is 32.6 Å². The molecule has 5 heteroatoms. The molecule has 2 rings (SSSR count). The molecular formula is C13H21O4P. The van der Waals surface area contributed by atoms with E-state index >= 15 is 0 Å². The molecule has 0 fully saturated rings. The zero-order valence-electron chi connectivity index (χ0n) is 11.1. The van der Waals surface area contributed by atoms with Gasteiger partial charge in [0.1, 0.15) is 11.9 Å². The zero-order valence-corrected chi connectivity index (χ0v) is 12.0. The number of furan rings is 1. The minimum absolute atomic E-state index is 0.254. The van der Waals surface area contributed by atoms with Gasteiger partial charge in [-0.15, -0.1) is 0 Å². The summed E-state index contributed by atoms with van der Waals surface area (Å²) in [5.41, 5.74) is 2.48. The molecule has 0 amide bonds. The fourth-order valence-corrected chi connectivity index (χ4v) is 4.08. The third-order valence-corrected chi connectivity index (χ3v) is 5.16. The average Bonchev–Trinajstić information content (AvgIpc) is 2.73. The molecule has 1 aliphatic rings. The van der Waals surface area contributed by atoms with Crippen molar-refractivity contribution < 1.29 is 18.0 Å². The second-order valence-electron chi connectivity index (χ2n) is 4.47. The van der Waals surface area contributed by atoms with Crippen LogP contribution in [0.5, 0.6) is 0 Å². The summed E-state index contributed by atoms with van der Waals surface area (Å²) in [7, 11) is -3.05. The summed E-state index contributed by atoms with van der Waals surface area (Å²) in [5.74, 6) is 0.787. The highest BCUT2D eigenvalue weighted by Crippen LogP contribution is 2.52. The molecular weight excluding hydrogens is 251 g/mol. The molecule has 1 aromatic heterocycles. The SMILES string of the molecule is CCOP(=O)(Cc1occ2c1CCCC2)OCC. The predicted molar refractivity (Wildman–Crippen MR) is 69.9 cm³/mol. The van der Waals surface area contributed by atoms with Gasteiger partial charge in [-0.25, -0.2) is 0 Å². The molecule has 0 spiro atoms. The van der Waals surface area contributed by atoms with Crippen LogP contribution in [0.2, 0.25) is 0 Å². The van der Waals surface area contributed by atoms with Crippen molar-refractivity contribution in [3.8, 4) is 0 Å². The summed E-state index contributed by atoms with van der Waals surface area (Å²) in [6.45, 7) is 4.42. The Kier molecular flexibility index (Phi) is 4.66. The van der Waals surface area contributed by atoms with Crippen LogP contribution in [0.15, 0.2) is 10.7 Å². The maximum Gasteiger partial charge on any atom is 0.338 e. The lowest BCUT2D eigenvalue weighted by atomic mass is 9.94. The number of aryl methyl sites for hydroxylation is 1. The van der Waals surface area contributed by atoms with Gasteiger partial charge in [-0.05, 0) is 50.7 Å². The Morgan fingerprint density at radius 2 is 1.89 bits per heavy atom. The monoisotopic (exact) mass is 272 g/mol. The molecule has 0 unspecified atom stereocenters. The highest BCUT2D eigenvalue weighted by molar-refractivity contribution is 7.53. The van der Waals surface area contributed by atoms with Gasteiger partial charge < -0.3 is 13.5 Å². The van der Waals surface area contributed by atoms with Crippen molar-refractivity contribution in [2.24, 2.45) is 0 Å². The van der Waals surface area contributed by atoms with Crippen LogP contribution >= 0.6 is 7.60 Å². The first-order chi connectivity index (χ1) is 8.68. The first kappa shape index (κ1) is 13.9. The number of hydrogen-bond acceptors (Lipinski definition) is 4. The third kappa shape index (κ3) is 3.05. The van der Waals surface area contributed by atoms with Crippen molar-refractivity contribution in [3.05, 3.63) is 23.2 Å². The molecule has 0 bridgehead atoms. The molecule has 4 nitrogen and oxygen atoms in total. The van der Waals surface area contributed by atoms with E-state index in [2.05, 4.69) is 0 Å². The summed E-state index contributed by atoms with van der Waals surface area (Å²) >= 11 is 0. The van der Waals surface area contributed by atoms with Gasteiger partial charge in [-0.1, -0.05) is 0 Å². The fourth-order valence-electron chi connectivity index (χ4n) is 2.42. The van der Waals surface area contributed by atoms with Gasteiger partial charge >= 0.3 is 7.60 Å². The molecule has 102 valence electrons. The van der Waals surface area contributed by atoms with Gasteiger partial charge in [-0.3, -0.25) is 4.57 Å². The van der Waals surface area contributed by atoms with E-state index in [0.29, 0.717) is 13.2 Å². The molecule has 1 aliphatic carbocycles. The maximum atomic E-state index is 12.5. The average molecular weight is 272 g/mol. The Hall–Kier alpha value is -0.570. The van der Waals surface area contributed by atoms with E-state index in [1.165, 1.54) is 24.0 Å². The van der Waals surface area contributed by atoms with Gasteiger partial charge in [-0.2, -0.15) is 0 Å². The number of rotatable bonds is 6. The van der Waals surface area contributed by atoms with E-state index in [9.17, 15) is 4.57 Å². The van der Waals surface area contributed by atoms with Crippen LogP contribution in [0.4, 0.5) is 0 Å². The Morgan fingerprint density at radius 1 is 1.22 bits per heavy atom. The Balaban J connectivity index is 2.16. The molecule has 1 heterocycles. The largest absolute Gasteiger partial charge is 0.468 e. The van der Waals surface area contributed by atoms with Gasteiger partial charge in [0.25, 0.3) is 0 Å². The van der Waals surface area contributed by atoms with E-state index in [1.807, 2.05) is 13.8 Å². The quantitative estimate of drug-likeness (QED) is 0.736. The molecule has 0 saturated heterocycles.